The minimum atomic E-state index is -1.02. The standard InChI is InChI=1S/C12H21NO4/c1-11(2,10(15)16)7-9(14)13-8-12(17-3)5-4-6-12/h4-8H2,1-3H3,(H,13,14)(H,15,16). The number of hydrogen-bond acceptors (Lipinski definition) is 3. The molecule has 0 atom stereocenters. The Morgan fingerprint density at radius 2 is 2.00 bits per heavy atom. The first-order valence-electron chi connectivity index (χ1n) is 5.87. The summed E-state index contributed by atoms with van der Waals surface area (Å²) in [5.41, 5.74) is -1.24. The van der Waals surface area contributed by atoms with Crippen molar-refractivity contribution >= 4 is 11.9 Å². The molecule has 17 heavy (non-hydrogen) atoms. The monoisotopic (exact) mass is 243 g/mol. The number of carboxylic acid groups (broad SMARTS) is 1. The summed E-state index contributed by atoms with van der Waals surface area (Å²) in [7, 11) is 1.65. The number of carbonyl (C=O) groups excluding carboxylic acids is 1. The predicted octanol–water partition coefficient (Wildman–Crippen LogP) is 1.17. The van der Waals surface area contributed by atoms with Crippen LogP contribution in [0.1, 0.15) is 39.5 Å². The van der Waals surface area contributed by atoms with E-state index in [1.54, 1.807) is 21.0 Å². The van der Waals surface area contributed by atoms with Gasteiger partial charge in [0.15, 0.2) is 0 Å². The van der Waals surface area contributed by atoms with Crippen LogP contribution in [0, 0.1) is 5.41 Å². The third-order valence-corrected chi connectivity index (χ3v) is 3.49. The van der Waals surface area contributed by atoms with Crippen molar-refractivity contribution in [2.24, 2.45) is 5.41 Å². The summed E-state index contributed by atoms with van der Waals surface area (Å²) in [6.07, 6.45) is 3.00. The lowest BCUT2D eigenvalue weighted by atomic mass is 9.80. The van der Waals surface area contributed by atoms with Crippen LogP contribution >= 0.6 is 0 Å². The molecule has 5 heteroatoms. The van der Waals surface area contributed by atoms with E-state index in [4.69, 9.17) is 9.84 Å². The minimum absolute atomic E-state index is 0.0118. The van der Waals surface area contributed by atoms with E-state index in [0.717, 1.165) is 19.3 Å². The normalized spacial score (nSPS) is 18.3. The summed E-state index contributed by atoms with van der Waals surface area (Å²) in [4.78, 5) is 22.5. The summed E-state index contributed by atoms with van der Waals surface area (Å²) in [6, 6.07) is 0. The van der Waals surface area contributed by atoms with Crippen molar-refractivity contribution in [3.05, 3.63) is 0 Å². The molecule has 0 unspecified atom stereocenters. The van der Waals surface area contributed by atoms with E-state index in [9.17, 15) is 9.59 Å². The molecule has 0 bridgehead atoms. The number of aliphatic carboxylic acids is 1. The maximum Gasteiger partial charge on any atom is 0.309 e. The highest BCUT2D eigenvalue weighted by atomic mass is 16.5. The average Bonchev–Trinajstić information content (AvgIpc) is 2.15. The summed E-state index contributed by atoms with van der Waals surface area (Å²) in [6.45, 7) is 3.56. The second-order valence-corrected chi connectivity index (χ2v) is 5.38. The Kier molecular flexibility index (Phi) is 4.14. The summed E-state index contributed by atoms with van der Waals surface area (Å²) in [5, 5.41) is 11.7. The molecule has 1 saturated carbocycles. The lowest BCUT2D eigenvalue weighted by Gasteiger charge is -2.40. The lowest BCUT2D eigenvalue weighted by molar-refractivity contribution is -0.149. The van der Waals surface area contributed by atoms with E-state index < -0.39 is 11.4 Å². The Morgan fingerprint density at radius 3 is 2.35 bits per heavy atom. The molecular formula is C12H21NO4. The van der Waals surface area contributed by atoms with Crippen LogP contribution in [-0.2, 0) is 14.3 Å². The van der Waals surface area contributed by atoms with E-state index in [-0.39, 0.29) is 17.9 Å². The molecule has 0 saturated heterocycles. The first kappa shape index (κ1) is 14.0. The van der Waals surface area contributed by atoms with Crippen LogP contribution in [0.2, 0.25) is 0 Å². The lowest BCUT2D eigenvalue weighted by Crippen LogP contribution is -2.50. The van der Waals surface area contributed by atoms with Crippen molar-refractivity contribution in [3.8, 4) is 0 Å². The van der Waals surface area contributed by atoms with Gasteiger partial charge in [-0.25, -0.2) is 0 Å². The summed E-state index contributed by atoms with van der Waals surface area (Å²) >= 11 is 0. The fraction of sp³-hybridized carbons (Fsp3) is 0.833. The van der Waals surface area contributed by atoms with Gasteiger partial charge in [-0.3, -0.25) is 9.59 Å². The van der Waals surface area contributed by atoms with Gasteiger partial charge < -0.3 is 15.2 Å². The van der Waals surface area contributed by atoms with Crippen molar-refractivity contribution in [1.29, 1.82) is 0 Å². The Balaban J connectivity index is 2.38. The van der Waals surface area contributed by atoms with Gasteiger partial charge in [0.05, 0.1) is 11.0 Å². The molecule has 5 nitrogen and oxygen atoms in total. The van der Waals surface area contributed by atoms with Crippen LogP contribution < -0.4 is 5.32 Å². The summed E-state index contributed by atoms with van der Waals surface area (Å²) < 4.78 is 5.37. The molecule has 1 fully saturated rings. The average molecular weight is 243 g/mol. The van der Waals surface area contributed by atoms with Gasteiger partial charge in [-0.15, -0.1) is 0 Å². The van der Waals surface area contributed by atoms with E-state index in [1.807, 2.05) is 0 Å². The number of carbonyl (C=O) groups is 2. The Bertz CT molecular complexity index is 302. The number of hydrogen-bond donors (Lipinski definition) is 2. The second kappa shape index (κ2) is 5.04. The third kappa shape index (κ3) is 3.43. The molecule has 98 valence electrons. The van der Waals surface area contributed by atoms with Crippen molar-refractivity contribution in [3.63, 3.8) is 0 Å². The molecule has 0 spiro atoms. The van der Waals surface area contributed by atoms with Crippen molar-refractivity contribution in [2.45, 2.75) is 45.1 Å². The maximum atomic E-state index is 11.6. The highest BCUT2D eigenvalue weighted by molar-refractivity contribution is 5.84. The van der Waals surface area contributed by atoms with Crippen molar-refractivity contribution in [1.82, 2.24) is 5.32 Å². The molecule has 0 aliphatic heterocycles. The van der Waals surface area contributed by atoms with Gasteiger partial charge in [0.1, 0.15) is 0 Å². The maximum absolute atomic E-state index is 11.6. The minimum Gasteiger partial charge on any atom is -0.481 e. The van der Waals surface area contributed by atoms with Gasteiger partial charge in [-0.05, 0) is 33.1 Å². The molecule has 2 N–H and O–H groups in total. The van der Waals surface area contributed by atoms with Gasteiger partial charge in [0.2, 0.25) is 5.91 Å². The smallest absolute Gasteiger partial charge is 0.309 e. The van der Waals surface area contributed by atoms with Crippen LogP contribution in [0.4, 0.5) is 0 Å². The quantitative estimate of drug-likeness (QED) is 0.734. The number of carboxylic acids is 1. The molecule has 0 aromatic heterocycles. The third-order valence-electron chi connectivity index (χ3n) is 3.49. The second-order valence-electron chi connectivity index (χ2n) is 5.38. The number of ether oxygens (including phenoxy) is 1. The fourth-order valence-electron chi connectivity index (χ4n) is 1.82. The first-order chi connectivity index (χ1) is 7.81. The molecule has 1 aliphatic rings. The van der Waals surface area contributed by atoms with E-state index in [1.165, 1.54) is 0 Å². The predicted molar refractivity (Wildman–Crippen MR) is 62.6 cm³/mol. The van der Waals surface area contributed by atoms with Crippen LogP contribution in [0.25, 0.3) is 0 Å². The van der Waals surface area contributed by atoms with E-state index in [0.29, 0.717) is 6.54 Å². The zero-order chi connectivity index (χ0) is 13.1. The highest BCUT2D eigenvalue weighted by Gasteiger charge is 2.38. The van der Waals surface area contributed by atoms with Gasteiger partial charge in [0.25, 0.3) is 0 Å². The molecule has 1 rings (SSSR count). The number of amides is 1. The van der Waals surface area contributed by atoms with E-state index >= 15 is 0 Å². The zero-order valence-electron chi connectivity index (χ0n) is 10.7. The van der Waals surface area contributed by atoms with Crippen LogP contribution in [0.3, 0.4) is 0 Å². The van der Waals surface area contributed by atoms with E-state index in [2.05, 4.69) is 5.32 Å². The zero-order valence-corrected chi connectivity index (χ0v) is 10.7. The topological polar surface area (TPSA) is 75.6 Å². The Morgan fingerprint density at radius 1 is 1.41 bits per heavy atom. The van der Waals surface area contributed by atoms with Crippen molar-refractivity contribution in [2.75, 3.05) is 13.7 Å². The number of nitrogens with one attached hydrogen (secondary N) is 1. The SMILES string of the molecule is COC1(CNC(=O)CC(C)(C)C(=O)O)CCC1. The number of rotatable bonds is 6. The molecule has 1 amide bonds. The van der Waals surface area contributed by atoms with Gasteiger partial charge in [-0.1, -0.05) is 0 Å². The molecule has 0 aromatic carbocycles. The van der Waals surface area contributed by atoms with Crippen LogP contribution in [-0.4, -0.2) is 36.2 Å². The fourth-order valence-corrected chi connectivity index (χ4v) is 1.82. The summed E-state index contributed by atoms with van der Waals surface area (Å²) in [5.74, 6) is -1.20. The molecule has 1 aliphatic carbocycles. The highest BCUT2D eigenvalue weighted by Crippen LogP contribution is 2.34. The Hall–Kier alpha value is -1.10. The Labute approximate surface area is 102 Å². The van der Waals surface area contributed by atoms with Gasteiger partial charge in [-0.2, -0.15) is 0 Å². The molecule has 0 radical (unpaired) electrons. The first-order valence-corrected chi connectivity index (χ1v) is 5.87. The number of methoxy groups -OCH3 is 1. The van der Waals surface area contributed by atoms with Gasteiger partial charge in [0, 0.05) is 20.1 Å². The van der Waals surface area contributed by atoms with Crippen molar-refractivity contribution < 1.29 is 19.4 Å². The van der Waals surface area contributed by atoms with Crippen LogP contribution in [0.15, 0.2) is 0 Å². The van der Waals surface area contributed by atoms with Crippen LogP contribution in [0.5, 0.6) is 0 Å². The van der Waals surface area contributed by atoms with Gasteiger partial charge >= 0.3 is 5.97 Å². The molecular weight excluding hydrogens is 222 g/mol. The molecule has 0 aromatic rings. The molecule has 0 heterocycles. The largest absolute Gasteiger partial charge is 0.481 e.